The lowest BCUT2D eigenvalue weighted by molar-refractivity contribution is 0.0705. The molecule has 5 heteroatoms. The lowest BCUT2D eigenvalue weighted by atomic mass is 10.0. The van der Waals surface area contributed by atoms with Crippen molar-refractivity contribution < 1.29 is 14.6 Å². The molecule has 2 aromatic rings. The summed E-state index contributed by atoms with van der Waals surface area (Å²) in [5.74, 6) is 0.762. The van der Waals surface area contributed by atoms with E-state index >= 15 is 0 Å². The van der Waals surface area contributed by atoms with E-state index < -0.39 is 0 Å². The van der Waals surface area contributed by atoms with Crippen molar-refractivity contribution in [2.24, 2.45) is 10.2 Å². The Labute approximate surface area is 200 Å². The first-order chi connectivity index (χ1) is 16.3. The molecular formula is C28H42N2O3. The maximum Gasteiger partial charge on any atom is 0.119 e. The topological polar surface area (TPSA) is 63.4 Å². The Kier molecular flexibility index (Phi) is 14.9. The first-order valence-corrected chi connectivity index (χ1v) is 12.7. The third-order valence-electron chi connectivity index (χ3n) is 5.61. The molecule has 5 nitrogen and oxygen atoms in total. The van der Waals surface area contributed by atoms with Gasteiger partial charge >= 0.3 is 0 Å². The second-order valence-electron chi connectivity index (χ2n) is 8.48. The van der Waals surface area contributed by atoms with Gasteiger partial charge in [-0.25, -0.2) is 0 Å². The van der Waals surface area contributed by atoms with Gasteiger partial charge in [0.1, 0.15) is 12.4 Å². The summed E-state index contributed by atoms with van der Waals surface area (Å²) >= 11 is 0. The third kappa shape index (κ3) is 13.2. The zero-order valence-electron chi connectivity index (χ0n) is 20.4. The van der Waals surface area contributed by atoms with Crippen LogP contribution < -0.4 is 4.74 Å². The highest BCUT2D eigenvalue weighted by Crippen LogP contribution is 2.22. The van der Waals surface area contributed by atoms with Gasteiger partial charge in [0.25, 0.3) is 0 Å². The van der Waals surface area contributed by atoms with Crippen LogP contribution in [-0.4, -0.2) is 31.5 Å². The predicted molar refractivity (Wildman–Crippen MR) is 136 cm³/mol. The van der Waals surface area contributed by atoms with Crippen LogP contribution in [0.1, 0.15) is 76.7 Å². The molecule has 0 aromatic heterocycles. The van der Waals surface area contributed by atoms with Gasteiger partial charge in [0.05, 0.1) is 31.2 Å². The highest BCUT2D eigenvalue weighted by molar-refractivity contribution is 5.43. The van der Waals surface area contributed by atoms with Crippen molar-refractivity contribution >= 4 is 11.4 Å². The summed E-state index contributed by atoms with van der Waals surface area (Å²) in [6, 6.07) is 15.9. The number of rotatable bonds is 19. The molecule has 0 unspecified atom stereocenters. The number of aliphatic hydroxyl groups is 1. The van der Waals surface area contributed by atoms with E-state index in [1.54, 1.807) is 0 Å². The average molecular weight is 455 g/mol. The molecule has 2 rings (SSSR count). The lowest BCUT2D eigenvalue weighted by Crippen LogP contribution is -2.08. The summed E-state index contributed by atoms with van der Waals surface area (Å²) in [5, 5.41) is 17.3. The molecule has 0 bridgehead atoms. The number of ether oxygens (including phenoxy) is 2. The normalized spacial score (nSPS) is 11.3. The van der Waals surface area contributed by atoms with Crippen molar-refractivity contribution in [2.75, 3.05) is 26.4 Å². The van der Waals surface area contributed by atoms with Crippen LogP contribution in [0, 0.1) is 0 Å². The highest BCUT2D eigenvalue weighted by Gasteiger charge is 1.98. The molecule has 1 N–H and O–H groups in total. The maximum absolute atomic E-state index is 8.67. The van der Waals surface area contributed by atoms with E-state index in [0.29, 0.717) is 19.8 Å². The van der Waals surface area contributed by atoms with E-state index in [9.17, 15) is 0 Å². The minimum atomic E-state index is 0.0295. The Bertz CT molecular complexity index is 745. The van der Waals surface area contributed by atoms with Crippen LogP contribution in [0.15, 0.2) is 58.8 Å². The van der Waals surface area contributed by atoms with Crippen LogP contribution in [0.5, 0.6) is 5.75 Å². The van der Waals surface area contributed by atoms with E-state index in [1.807, 2.05) is 36.4 Å². The minimum Gasteiger partial charge on any atom is -0.491 e. The average Bonchev–Trinajstić information content (AvgIpc) is 2.85. The molecule has 0 amide bonds. The molecule has 0 aliphatic heterocycles. The second kappa shape index (κ2) is 18.2. The monoisotopic (exact) mass is 454 g/mol. The number of hydrogen-bond donors (Lipinski definition) is 1. The van der Waals surface area contributed by atoms with E-state index in [4.69, 9.17) is 14.6 Å². The van der Waals surface area contributed by atoms with Crippen molar-refractivity contribution in [3.05, 3.63) is 54.1 Å². The van der Waals surface area contributed by atoms with Gasteiger partial charge in [-0.15, -0.1) is 0 Å². The van der Waals surface area contributed by atoms with Crippen LogP contribution >= 0.6 is 0 Å². The number of aryl methyl sites for hydroxylation is 1. The quantitative estimate of drug-likeness (QED) is 0.173. The van der Waals surface area contributed by atoms with E-state index in [2.05, 4.69) is 29.3 Å². The van der Waals surface area contributed by atoms with E-state index in [0.717, 1.165) is 23.5 Å². The van der Waals surface area contributed by atoms with Crippen molar-refractivity contribution in [3.8, 4) is 5.75 Å². The summed E-state index contributed by atoms with van der Waals surface area (Å²) in [6.07, 6.45) is 14.8. The number of unbranched alkanes of at least 4 members (excludes halogenated alkanes) is 9. The Hall–Kier alpha value is -2.24. The zero-order valence-corrected chi connectivity index (χ0v) is 20.4. The summed E-state index contributed by atoms with van der Waals surface area (Å²) < 4.78 is 10.8. The Morgan fingerprint density at radius 2 is 1.18 bits per heavy atom. The fourth-order valence-electron chi connectivity index (χ4n) is 3.66. The molecule has 0 saturated carbocycles. The fourth-order valence-corrected chi connectivity index (χ4v) is 3.66. The summed E-state index contributed by atoms with van der Waals surface area (Å²) in [7, 11) is 0. The van der Waals surface area contributed by atoms with Gasteiger partial charge in [-0.2, -0.15) is 10.2 Å². The molecule has 0 aliphatic carbocycles. The molecule has 0 aliphatic rings. The molecule has 182 valence electrons. The minimum absolute atomic E-state index is 0.0295. The maximum atomic E-state index is 8.67. The molecule has 0 atom stereocenters. The van der Waals surface area contributed by atoms with Crippen LogP contribution in [0.2, 0.25) is 0 Å². The van der Waals surface area contributed by atoms with Crippen LogP contribution in [0.4, 0.5) is 11.4 Å². The molecule has 0 radical (unpaired) electrons. The largest absolute Gasteiger partial charge is 0.491 e. The van der Waals surface area contributed by atoms with Gasteiger partial charge in [-0.05, 0) is 54.8 Å². The van der Waals surface area contributed by atoms with Crippen LogP contribution in [0.3, 0.4) is 0 Å². The molecule has 0 spiro atoms. The van der Waals surface area contributed by atoms with Gasteiger partial charge < -0.3 is 14.6 Å². The van der Waals surface area contributed by atoms with Crippen molar-refractivity contribution in [1.29, 1.82) is 0 Å². The first-order valence-electron chi connectivity index (χ1n) is 12.7. The van der Waals surface area contributed by atoms with Crippen molar-refractivity contribution in [1.82, 2.24) is 0 Å². The molecule has 33 heavy (non-hydrogen) atoms. The smallest absolute Gasteiger partial charge is 0.119 e. The fraction of sp³-hybridized carbons (Fsp3) is 0.571. The van der Waals surface area contributed by atoms with Gasteiger partial charge in [-0.3, -0.25) is 0 Å². The zero-order chi connectivity index (χ0) is 23.4. The first kappa shape index (κ1) is 27.0. The number of azo groups is 1. The highest BCUT2D eigenvalue weighted by atomic mass is 16.5. The molecule has 2 aromatic carbocycles. The summed E-state index contributed by atoms with van der Waals surface area (Å²) in [5.41, 5.74) is 3.02. The number of benzene rings is 2. The van der Waals surface area contributed by atoms with Crippen LogP contribution in [-0.2, 0) is 11.2 Å². The summed E-state index contributed by atoms with van der Waals surface area (Å²) in [6.45, 7) is 3.55. The molecule has 0 heterocycles. The number of nitrogens with zero attached hydrogens (tertiary/aromatic N) is 2. The van der Waals surface area contributed by atoms with Crippen molar-refractivity contribution in [2.45, 2.75) is 77.6 Å². The lowest BCUT2D eigenvalue weighted by Gasteiger charge is -2.06. The van der Waals surface area contributed by atoms with Gasteiger partial charge in [0, 0.05) is 0 Å². The Morgan fingerprint density at radius 1 is 0.636 bits per heavy atom. The van der Waals surface area contributed by atoms with E-state index in [-0.39, 0.29) is 6.61 Å². The standard InChI is InChI=1S/C28H42N2O3/c1-2-3-4-5-6-7-8-9-10-11-12-25-13-15-26(16-14-25)29-30-27-17-19-28(20-18-27)33-24-23-32-22-21-31/h13-20,31H,2-12,21-24H2,1H3. The van der Waals surface area contributed by atoms with Gasteiger partial charge in [-0.1, -0.05) is 76.8 Å². The predicted octanol–water partition coefficient (Wildman–Crippen LogP) is 7.95. The van der Waals surface area contributed by atoms with Gasteiger partial charge in [0.15, 0.2) is 0 Å². The Morgan fingerprint density at radius 3 is 1.76 bits per heavy atom. The molecular weight excluding hydrogens is 412 g/mol. The van der Waals surface area contributed by atoms with Crippen LogP contribution in [0.25, 0.3) is 0 Å². The summed E-state index contributed by atoms with van der Waals surface area (Å²) in [4.78, 5) is 0. The number of aliphatic hydroxyl groups excluding tert-OH is 1. The van der Waals surface area contributed by atoms with Crippen molar-refractivity contribution in [3.63, 3.8) is 0 Å². The number of hydrogen-bond acceptors (Lipinski definition) is 5. The second-order valence-corrected chi connectivity index (χ2v) is 8.48. The third-order valence-corrected chi connectivity index (χ3v) is 5.61. The molecule has 0 fully saturated rings. The van der Waals surface area contributed by atoms with E-state index in [1.165, 1.54) is 69.8 Å². The van der Waals surface area contributed by atoms with Gasteiger partial charge in [0.2, 0.25) is 0 Å². The Balaban J connectivity index is 1.59. The SMILES string of the molecule is CCCCCCCCCCCCc1ccc(N=Nc2ccc(OCCOCCO)cc2)cc1. The molecule has 0 saturated heterocycles.